The summed E-state index contributed by atoms with van der Waals surface area (Å²) < 4.78 is 24.6. The lowest BCUT2D eigenvalue weighted by atomic mass is 9.95. The number of nitrogens with one attached hydrogen (secondary N) is 2. The van der Waals surface area contributed by atoms with E-state index in [0.717, 1.165) is 13.0 Å². The molecular formula is C11H16N2O2S. The van der Waals surface area contributed by atoms with Gasteiger partial charge in [-0.15, -0.1) is 0 Å². The molecule has 2 N–H and O–H groups in total. The molecule has 0 aliphatic carbocycles. The van der Waals surface area contributed by atoms with Crippen molar-refractivity contribution in [3.8, 4) is 0 Å². The van der Waals surface area contributed by atoms with Gasteiger partial charge in [-0.05, 0) is 24.1 Å². The fraction of sp³-hybridized carbons (Fsp3) is 0.455. The molecule has 1 unspecified atom stereocenters. The molecule has 0 bridgehead atoms. The van der Waals surface area contributed by atoms with Gasteiger partial charge in [-0.25, -0.2) is 13.1 Å². The van der Waals surface area contributed by atoms with Crippen LogP contribution in [-0.4, -0.2) is 27.8 Å². The van der Waals surface area contributed by atoms with E-state index in [2.05, 4.69) is 22.2 Å². The van der Waals surface area contributed by atoms with Crippen LogP contribution >= 0.6 is 0 Å². The van der Waals surface area contributed by atoms with E-state index in [1.807, 2.05) is 12.1 Å². The van der Waals surface area contributed by atoms with Gasteiger partial charge in [0.05, 0.1) is 6.26 Å². The summed E-state index contributed by atoms with van der Waals surface area (Å²) >= 11 is 0. The second kappa shape index (κ2) is 4.53. The highest BCUT2D eigenvalue weighted by molar-refractivity contribution is 7.88. The van der Waals surface area contributed by atoms with Gasteiger partial charge in [-0.1, -0.05) is 24.3 Å². The number of rotatable bonds is 3. The molecule has 0 spiro atoms. The summed E-state index contributed by atoms with van der Waals surface area (Å²) in [6.07, 6.45) is 2.19. The maximum Gasteiger partial charge on any atom is 0.208 e. The average molecular weight is 240 g/mol. The third-order valence-corrected chi connectivity index (χ3v) is 3.46. The Labute approximate surface area is 96.1 Å². The second-order valence-electron chi connectivity index (χ2n) is 4.08. The van der Waals surface area contributed by atoms with Gasteiger partial charge >= 0.3 is 0 Å². The van der Waals surface area contributed by atoms with Gasteiger partial charge in [0, 0.05) is 12.6 Å². The van der Waals surface area contributed by atoms with Crippen molar-refractivity contribution in [1.82, 2.24) is 10.0 Å². The first kappa shape index (κ1) is 11.6. The third kappa shape index (κ3) is 2.81. The van der Waals surface area contributed by atoms with Crippen LogP contribution in [0.5, 0.6) is 0 Å². The molecule has 0 saturated heterocycles. The van der Waals surface area contributed by atoms with Crippen molar-refractivity contribution < 1.29 is 8.42 Å². The highest BCUT2D eigenvalue weighted by Gasteiger charge is 2.19. The zero-order valence-corrected chi connectivity index (χ0v) is 10.0. The van der Waals surface area contributed by atoms with Crippen molar-refractivity contribution in [3.05, 3.63) is 35.4 Å². The Morgan fingerprint density at radius 3 is 2.94 bits per heavy atom. The lowest BCUT2D eigenvalue weighted by Gasteiger charge is -2.26. The van der Waals surface area contributed by atoms with Crippen LogP contribution in [0.4, 0.5) is 0 Å². The Balaban J connectivity index is 2.13. The number of benzene rings is 1. The smallest absolute Gasteiger partial charge is 0.208 e. The van der Waals surface area contributed by atoms with Crippen LogP contribution in [0.25, 0.3) is 0 Å². The van der Waals surface area contributed by atoms with E-state index in [-0.39, 0.29) is 6.04 Å². The molecule has 4 nitrogen and oxygen atoms in total. The molecule has 0 fully saturated rings. The summed E-state index contributed by atoms with van der Waals surface area (Å²) in [5, 5.41) is 3.32. The molecule has 1 aromatic carbocycles. The summed E-state index contributed by atoms with van der Waals surface area (Å²) in [6, 6.07) is 8.24. The second-order valence-corrected chi connectivity index (χ2v) is 5.91. The molecule has 1 aromatic rings. The zero-order valence-electron chi connectivity index (χ0n) is 9.23. The van der Waals surface area contributed by atoms with Crippen molar-refractivity contribution in [2.75, 3.05) is 19.3 Å². The summed E-state index contributed by atoms with van der Waals surface area (Å²) in [4.78, 5) is 0. The highest BCUT2D eigenvalue weighted by Crippen LogP contribution is 2.21. The molecule has 0 amide bonds. The van der Waals surface area contributed by atoms with E-state index in [1.54, 1.807) is 0 Å². The molecule has 5 heteroatoms. The van der Waals surface area contributed by atoms with Crippen LogP contribution in [-0.2, 0) is 16.4 Å². The fourth-order valence-corrected chi connectivity index (χ4v) is 2.48. The van der Waals surface area contributed by atoms with Crippen LogP contribution < -0.4 is 10.0 Å². The van der Waals surface area contributed by atoms with E-state index in [4.69, 9.17) is 0 Å². The number of hydrogen-bond donors (Lipinski definition) is 2. The van der Waals surface area contributed by atoms with Crippen LogP contribution in [0.1, 0.15) is 17.2 Å². The Hall–Kier alpha value is -0.910. The van der Waals surface area contributed by atoms with Crippen LogP contribution in [0.3, 0.4) is 0 Å². The first-order valence-electron chi connectivity index (χ1n) is 5.32. The molecule has 88 valence electrons. The standard InChI is InChI=1S/C11H16N2O2S/c1-16(14,15)13-8-11-10-5-3-2-4-9(10)6-7-12-11/h2-5,11-13H,6-8H2,1H3. The first-order chi connectivity index (χ1) is 7.56. The average Bonchev–Trinajstić information content (AvgIpc) is 2.25. The molecular weight excluding hydrogens is 224 g/mol. The van der Waals surface area contributed by atoms with Gasteiger partial charge in [0.2, 0.25) is 10.0 Å². The summed E-state index contributed by atoms with van der Waals surface area (Å²) in [7, 11) is -3.12. The third-order valence-electron chi connectivity index (χ3n) is 2.77. The van der Waals surface area contributed by atoms with E-state index in [1.165, 1.54) is 17.4 Å². The maximum atomic E-state index is 11.0. The van der Waals surface area contributed by atoms with Crippen LogP contribution in [0, 0.1) is 0 Å². The maximum absolute atomic E-state index is 11.0. The highest BCUT2D eigenvalue weighted by atomic mass is 32.2. The van der Waals surface area contributed by atoms with Gasteiger partial charge in [-0.3, -0.25) is 0 Å². The lowest BCUT2D eigenvalue weighted by Crippen LogP contribution is -2.38. The number of hydrogen-bond acceptors (Lipinski definition) is 3. The number of sulfonamides is 1. The molecule has 0 radical (unpaired) electrons. The van der Waals surface area contributed by atoms with Crippen molar-refractivity contribution >= 4 is 10.0 Å². The monoisotopic (exact) mass is 240 g/mol. The van der Waals surface area contributed by atoms with Gasteiger partial charge in [-0.2, -0.15) is 0 Å². The Morgan fingerprint density at radius 2 is 2.19 bits per heavy atom. The van der Waals surface area contributed by atoms with Gasteiger partial charge < -0.3 is 5.32 Å². The van der Waals surface area contributed by atoms with E-state index >= 15 is 0 Å². The Morgan fingerprint density at radius 1 is 1.44 bits per heavy atom. The normalized spacial score (nSPS) is 20.4. The Bertz CT molecular complexity index is 471. The summed E-state index contributed by atoms with van der Waals surface area (Å²) in [6.45, 7) is 1.31. The minimum absolute atomic E-state index is 0.0830. The van der Waals surface area contributed by atoms with Crippen LogP contribution in [0.2, 0.25) is 0 Å². The fourth-order valence-electron chi connectivity index (χ4n) is 2.01. The molecule has 0 saturated carbocycles. The predicted octanol–water partition coefficient (Wildman–Crippen LogP) is 0.423. The molecule has 0 aromatic heterocycles. The van der Waals surface area contributed by atoms with Gasteiger partial charge in [0.1, 0.15) is 0 Å². The SMILES string of the molecule is CS(=O)(=O)NCC1NCCc2ccccc21. The van der Waals surface area contributed by atoms with E-state index in [0.29, 0.717) is 6.54 Å². The van der Waals surface area contributed by atoms with Crippen molar-refractivity contribution in [1.29, 1.82) is 0 Å². The van der Waals surface area contributed by atoms with E-state index < -0.39 is 10.0 Å². The van der Waals surface area contributed by atoms with Crippen molar-refractivity contribution in [2.24, 2.45) is 0 Å². The number of fused-ring (bicyclic) bond motifs is 1. The molecule has 16 heavy (non-hydrogen) atoms. The van der Waals surface area contributed by atoms with Crippen molar-refractivity contribution in [3.63, 3.8) is 0 Å². The Kier molecular flexibility index (Phi) is 3.28. The lowest BCUT2D eigenvalue weighted by molar-refractivity contribution is 0.493. The minimum Gasteiger partial charge on any atom is -0.308 e. The topological polar surface area (TPSA) is 58.2 Å². The summed E-state index contributed by atoms with van der Waals surface area (Å²) in [5.41, 5.74) is 2.51. The first-order valence-corrected chi connectivity index (χ1v) is 7.21. The molecule has 1 heterocycles. The summed E-state index contributed by atoms with van der Waals surface area (Å²) in [5.74, 6) is 0. The van der Waals surface area contributed by atoms with E-state index in [9.17, 15) is 8.42 Å². The largest absolute Gasteiger partial charge is 0.308 e. The predicted molar refractivity (Wildman–Crippen MR) is 63.7 cm³/mol. The van der Waals surface area contributed by atoms with Gasteiger partial charge in [0.25, 0.3) is 0 Å². The van der Waals surface area contributed by atoms with Crippen molar-refractivity contribution in [2.45, 2.75) is 12.5 Å². The minimum atomic E-state index is -3.12. The van der Waals surface area contributed by atoms with Crippen LogP contribution in [0.15, 0.2) is 24.3 Å². The molecule has 2 rings (SSSR count). The van der Waals surface area contributed by atoms with Gasteiger partial charge in [0.15, 0.2) is 0 Å². The molecule has 1 aliphatic rings. The quantitative estimate of drug-likeness (QED) is 0.805. The zero-order chi connectivity index (χ0) is 11.6. The molecule has 1 atom stereocenters. The molecule has 1 aliphatic heterocycles.